The van der Waals surface area contributed by atoms with Crippen molar-refractivity contribution < 1.29 is 88.3 Å². The summed E-state index contributed by atoms with van der Waals surface area (Å²) in [4.78, 5) is 26.7. The Morgan fingerprint density at radius 2 is 1.39 bits per heavy atom. The van der Waals surface area contributed by atoms with Crippen molar-refractivity contribution in [2.24, 2.45) is 0 Å². The Bertz CT molecular complexity index is 2140. The minimum atomic E-state index is -1.99. The highest BCUT2D eigenvalue weighted by atomic mass is 16.7. The molecule has 57 heavy (non-hydrogen) atoms. The number of esters is 1. The van der Waals surface area contributed by atoms with E-state index >= 15 is 0 Å². The van der Waals surface area contributed by atoms with E-state index in [0.717, 1.165) is 12.1 Å². The summed E-state index contributed by atoms with van der Waals surface area (Å²) in [7, 11) is 2.65. The van der Waals surface area contributed by atoms with Crippen molar-refractivity contribution in [3.05, 3.63) is 70.4 Å². The third-order valence-electron chi connectivity index (χ3n) is 9.30. The molecule has 3 aromatic carbocycles. The van der Waals surface area contributed by atoms with Crippen LogP contribution < -0.4 is 24.4 Å². The van der Waals surface area contributed by atoms with Crippen molar-refractivity contribution in [3.63, 3.8) is 0 Å². The molecule has 3 heterocycles. The molecule has 0 spiro atoms. The number of hydrogen-bond acceptors (Lipinski definition) is 19. The van der Waals surface area contributed by atoms with E-state index in [9.17, 15) is 55.5 Å². The number of fused-ring (bicyclic) bond motifs is 1. The number of aromatic hydroxyl groups is 3. The summed E-state index contributed by atoms with van der Waals surface area (Å²) >= 11 is 0. The average Bonchev–Trinajstić information content (AvgIpc) is 3.19. The van der Waals surface area contributed by atoms with E-state index < -0.39 is 96.3 Å². The van der Waals surface area contributed by atoms with Gasteiger partial charge in [-0.05, 0) is 55.0 Å². The minimum absolute atomic E-state index is 0.0756. The molecule has 6 unspecified atom stereocenters. The molecular weight excluding hydrogens is 760 g/mol. The first kappa shape index (κ1) is 41.0. The van der Waals surface area contributed by atoms with E-state index in [1.54, 1.807) is 0 Å². The molecule has 19 nitrogen and oxygen atoms in total. The summed E-state index contributed by atoms with van der Waals surface area (Å²) in [5.74, 6) is -3.05. The van der Waals surface area contributed by atoms with Gasteiger partial charge in [-0.1, -0.05) is 0 Å². The Kier molecular flexibility index (Phi) is 12.1. The van der Waals surface area contributed by atoms with Crippen molar-refractivity contribution in [2.45, 2.75) is 68.3 Å². The molecule has 2 saturated heterocycles. The van der Waals surface area contributed by atoms with Crippen LogP contribution in [0.3, 0.4) is 0 Å². The van der Waals surface area contributed by atoms with Crippen LogP contribution in [0.25, 0.3) is 28.4 Å². The average molecular weight is 801 g/mol. The van der Waals surface area contributed by atoms with Gasteiger partial charge in [-0.2, -0.15) is 0 Å². The molecule has 0 bridgehead atoms. The number of rotatable bonds is 11. The van der Waals surface area contributed by atoms with Crippen molar-refractivity contribution in [1.82, 2.24) is 0 Å². The van der Waals surface area contributed by atoms with Crippen LogP contribution in [0.1, 0.15) is 12.5 Å². The van der Waals surface area contributed by atoms with Gasteiger partial charge in [0.25, 0.3) is 0 Å². The van der Waals surface area contributed by atoms with Crippen LogP contribution in [0.4, 0.5) is 0 Å². The standard InChI is InChI=1S/C38H40O19/c1-15-27(42)31(46)33(48)37(53-15)54-19-12-20(40)26-21(13-19)55-35(17-5-7-18(39)8-6-17)36(30(26)45)57-38-34(49)32(47)29(44)24(56-38)14-52-25(41)9-4-16-10-22(50-2)28(43)23(11-16)51-3/h4-13,15,24,27,29,31-34,37-40,42-44,46-49H,14H2,1-3H3/b9-4+/t15?,24?,27-,29+,31?,32?,33?,34?,37-,38-/m0/s1. The van der Waals surface area contributed by atoms with Gasteiger partial charge in [0.2, 0.25) is 29.5 Å². The summed E-state index contributed by atoms with van der Waals surface area (Å²) in [6.45, 7) is 0.764. The van der Waals surface area contributed by atoms with Crippen molar-refractivity contribution in [3.8, 4) is 51.6 Å². The van der Waals surface area contributed by atoms with E-state index in [-0.39, 0.29) is 45.7 Å². The van der Waals surface area contributed by atoms with Crippen molar-refractivity contribution in [1.29, 1.82) is 0 Å². The zero-order chi connectivity index (χ0) is 41.3. The summed E-state index contributed by atoms with van der Waals surface area (Å²) < 4.78 is 44.1. The molecule has 2 aliphatic heterocycles. The van der Waals surface area contributed by atoms with E-state index in [1.807, 2.05) is 0 Å². The lowest BCUT2D eigenvalue weighted by Crippen LogP contribution is -2.60. The molecule has 0 radical (unpaired) electrons. The number of aliphatic hydroxyl groups excluding tert-OH is 6. The lowest BCUT2D eigenvalue weighted by atomic mass is 9.99. The Morgan fingerprint density at radius 1 is 0.772 bits per heavy atom. The first-order valence-corrected chi connectivity index (χ1v) is 17.3. The number of hydrogen-bond donors (Lipinski definition) is 9. The van der Waals surface area contributed by atoms with Crippen LogP contribution in [0.15, 0.2) is 63.8 Å². The highest BCUT2D eigenvalue weighted by Gasteiger charge is 2.46. The van der Waals surface area contributed by atoms with Gasteiger partial charge in [-0.25, -0.2) is 4.79 Å². The van der Waals surface area contributed by atoms with Crippen molar-refractivity contribution in [2.75, 3.05) is 20.8 Å². The zero-order valence-electron chi connectivity index (χ0n) is 30.4. The van der Waals surface area contributed by atoms with Gasteiger partial charge in [0.15, 0.2) is 17.3 Å². The number of aliphatic hydroxyl groups is 6. The third-order valence-corrected chi connectivity index (χ3v) is 9.30. The Labute approximate surface area is 322 Å². The highest BCUT2D eigenvalue weighted by Crippen LogP contribution is 2.39. The number of ether oxygens (including phenoxy) is 7. The number of carbonyl (C=O) groups excluding carboxylic acids is 1. The summed E-state index contributed by atoms with van der Waals surface area (Å²) in [6, 6.07) is 10.2. The fourth-order valence-corrected chi connectivity index (χ4v) is 6.13. The largest absolute Gasteiger partial charge is 0.508 e. The van der Waals surface area contributed by atoms with Crippen LogP contribution in [-0.2, 0) is 19.0 Å². The predicted molar refractivity (Wildman–Crippen MR) is 193 cm³/mol. The van der Waals surface area contributed by atoms with Gasteiger partial charge < -0.3 is 83.5 Å². The molecule has 19 heteroatoms. The van der Waals surface area contributed by atoms with Gasteiger partial charge >= 0.3 is 5.97 Å². The Morgan fingerprint density at radius 3 is 2.02 bits per heavy atom. The molecule has 1 aromatic heterocycles. The second-order valence-electron chi connectivity index (χ2n) is 13.1. The van der Waals surface area contributed by atoms with Gasteiger partial charge in [-0.3, -0.25) is 4.79 Å². The molecule has 0 saturated carbocycles. The van der Waals surface area contributed by atoms with Crippen LogP contribution >= 0.6 is 0 Å². The zero-order valence-corrected chi connectivity index (χ0v) is 30.4. The predicted octanol–water partition coefficient (Wildman–Crippen LogP) is 0.243. The fourth-order valence-electron chi connectivity index (χ4n) is 6.13. The molecule has 6 rings (SSSR count). The fraction of sp³-hybridized carbons (Fsp3) is 0.368. The number of methoxy groups -OCH3 is 2. The first-order chi connectivity index (χ1) is 27.1. The Hall–Kier alpha value is -5.64. The lowest BCUT2D eigenvalue weighted by Gasteiger charge is -2.39. The van der Waals surface area contributed by atoms with Crippen LogP contribution in [0.5, 0.6) is 40.2 Å². The van der Waals surface area contributed by atoms with Gasteiger partial charge in [0, 0.05) is 23.8 Å². The maximum absolute atomic E-state index is 14.1. The van der Waals surface area contributed by atoms with E-state index in [1.165, 1.54) is 69.7 Å². The monoisotopic (exact) mass is 800 g/mol. The number of carbonyl (C=O) groups is 1. The first-order valence-electron chi connectivity index (χ1n) is 17.3. The summed E-state index contributed by atoms with van der Waals surface area (Å²) in [5.41, 5.74) is -0.778. The van der Waals surface area contributed by atoms with Crippen molar-refractivity contribution >= 4 is 23.0 Å². The topological polar surface area (TPSA) is 294 Å². The SMILES string of the molecule is COc1cc(/C=C/C(=O)OCC2O[C@@H](Oc3c(-c4ccc(O)cc4)oc4cc(O[C@@H]5OC(C)[C@H](O)C(O)C5O)cc(O)c4c3=O)C(O)C(O)[C@@H]2O)cc(OC)c1O. The quantitative estimate of drug-likeness (QED) is 0.0725. The van der Waals surface area contributed by atoms with Gasteiger partial charge in [-0.15, -0.1) is 0 Å². The number of benzene rings is 3. The molecule has 0 amide bonds. The normalized spacial score (nSPS) is 27.6. The molecule has 2 fully saturated rings. The molecule has 9 N–H and O–H groups in total. The van der Waals surface area contributed by atoms with E-state index in [2.05, 4.69) is 0 Å². The second kappa shape index (κ2) is 16.8. The molecule has 306 valence electrons. The number of phenols is 3. The molecule has 0 aliphatic carbocycles. The molecule has 4 aromatic rings. The van der Waals surface area contributed by atoms with Crippen LogP contribution in [-0.4, -0.2) is 134 Å². The van der Waals surface area contributed by atoms with Crippen LogP contribution in [0.2, 0.25) is 0 Å². The second-order valence-corrected chi connectivity index (χ2v) is 13.1. The minimum Gasteiger partial charge on any atom is -0.508 e. The third kappa shape index (κ3) is 8.41. The smallest absolute Gasteiger partial charge is 0.330 e. The summed E-state index contributed by atoms with van der Waals surface area (Å²) in [6.07, 6.45) is -14.0. The number of phenolic OH excluding ortho intramolecular Hbond substituents is 3. The molecular formula is C38H40O19. The van der Waals surface area contributed by atoms with Crippen LogP contribution in [0, 0.1) is 0 Å². The highest BCUT2D eigenvalue weighted by molar-refractivity contribution is 5.89. The van der Waals surface area contributed by atoms with E-state index in [0.29, 0.717) is 5.56 Å². The maximum atomic E-state index is 14.1. The maximum Gasteiger partial charge on any atom is 0.330 e. The molecule has 2 aliphatic rings. The molecule has 10 atom stereocenters. The lowest BCUT2D eigenvalue weighted by molar-refractivity contribution is -0.278. The Balaban J connectivity index is 1.27. The van der Waals surface area contributed by atoms with Gasteiger partial charge in [0.05, 0.1) is 20.3 Å². The van der Waals surface area contributed by atoms with Gasteiger partial charge in [0.1, 0.15) is 77.6 Å². The van der Waals surface area contributed by atoms with E-state index in [4.69, 9.17) is 37.6 Å². The summed E-state index contributed by atoms with van der Waals surface area (Å²) in [5, 5.41) is 93.6.